The fraction of sp³-hybridized carbons (Fsp3) is 0.158. The Bertz CT molecular complexity index is 868. The summed E-state index contributed by atoms with van der Waals surface area (Å²) < 4.78 is 4.90. The Kier molecular flexibility index (Phi) is 4.59. The quantitative estimate of drug-likeness (QED) is 0.473. The molecule has 1 aliphatic rings. The van der Waals surface area contributed by atoms with Gasteiger partial charge in [0.1, 0.15) is 11.6 Å². The van der Waals surface area contributed by atoms with Crippen molar-refractivity contribution in [1.82, 2.24) is 0 Å². The Balaban J connectivity index is 1.96. The fourth-order valence-corrected chi connectivity index (χ4v) is 3.76. The largest absolute Gasteiger partial charge is 0.462 e. The number of nitrogens with zero attached hydrogens (tertiary/aromatic N) is 2. The van der Waals surface area contributed by atoms with Crippen molar-refractivity contribution in [2.24, 2.45) is 0 Å². The van der Waals surface area contributed by atoms with Gasteiger partial charge in [0, 0.05) is 16.8 Å². The Morgan fingerprint density at radius 3 is 2.75 bits per heavy atom. The number of ether oxygens (including phenoxy) is 1. The summed E-state index contributed by atoms with van der Waals surface area (Å²) in [5, 5.41) is 9.16. The molecule has 0 saturated carbocycles. The van der Waals surface area contributed by atoms with Gasteiger partial charge in [-0.25, -0.2) is 4.79 Å². The maximum absolute atomic E-state index is 11.8. The Labute approximate surface area is 145 Å². The van der Waals surface area contributed by atoms with Gasteiger partial charge in [0.25, 0.3) is 0 Å². The normalized spacial score (nSPS) is 12.9. The summed E-state index contributed by atoms with van der Waals surface area (Å²) in [5.41, 5.74) is 3.08. The first kappa shape index (κ1) is 16.2. The molecule has 0 spiro atoms. The highest BCUT2D eigenvalue weighted by Crippen LogP contribution is 2.47. The molecule has 24 heavy (non-hydrogen) atoms. The summed E-state index contributed by atoms with van der Waals surface area (Å²) in [6.07, 6.45) is 1.57. The van der Waals surface area contributed by atoms with Crippen molar-refractivity contribution in [3.05, 3.63) is 53.6 Å². The molecular formula is C19H16N2O2S. The molecule has 120 valence electrons. The van der Waals surface area contributed by atoms with Gasteiger partial charge in [0.2, 0.25) is 0 Å². The van der Waals surface area contributed by atoms with E-state index in [1.165, 1.54) is 10.6 Å². The van der Waals surface area contributed by atoms with Crippen LogP contribution in [0.5, 0.6) is 0 Å². The van der Waals surface area contributed by atoms with Gasteiger partial charge in [-0.05, 0) is 42.8 Å². The van der Waals surface area contributed by atoms with Crippen molar-refractivity contribution in [3.8, 4) is 6.07 Å². The Morgan fingerprint density at radius 1 is 1.25 bits per heavy atom. The maximum atomic E-state index is 11.8. The summed E-state index contributed by atoms with van der Waals surface area (Å²) in [6.45, 7) is 1.97. The number of nitriles is 1. The number of anilines is 2. The van der Waals surface area contributed by atoms with Crippen LogP contribution in [0.2, 0.25) is 0 Å². The standard InChI is InChI=1S/C19H16N2O2S/c1-3-23-19(22)14(12-20)10-13-8-9-16-18(11-13)24-17-7-5-4-6-15(17)21(16)2/h4-11H,3H2,1-2H3. The van der Waals surface area contributed by atoms with Crippen LogP contribution < -0.4 is 4.90 Å². The number of carbonyl (C=O) groups excluding carboxylic acids is 1. The summed E-state index contributed by atoms with van der Waals surface area (Å²) >= 11 is 1.68. The van der Waals surface area contributed by atoms with E-state index in [1.54, 1.807) is 24.8 Å². The van der Waals surface area contributed by atoms with Gasteiger partial charge in [-0.1, -0.05) is 30.0 Å². The SMILES string of the molecule is CCOC(=O)C(C#N)=Cc1ccc2c(c1)Sc1ccccc1N2C. The lowest BCUT2D eigenvalue weighted by molar-refractivity contribution is -0.137. The second kappa shape index (κ2) is 6.81. The van der Waals surface area contributed by atoms with Gasteiger partial charge >= 0.3 is 5.97 Å². The predicted octanol–water partition coefficient (Wildman–Crippen LogP) is 4.39. The van der Waals surface area contributed by atoms with Gasteiger partial charge in [-0.3, -0.25) is 0 Å². The van der Waals surface area contributed by atoms with Gasteiger partial charge in [-0.15, -0.1) is 0 Å². The predicted molar refractivity (Wildman–Crippen MR) is 95.3 cm³/mol. The molecule has 2 aromatic carbocycles. The van der Waals surface area contributed by atoms with Crippen molar-refractivity contribution in [1.29, 1.82) is 5.26 Å². The van der Waals surface area contributed by atoms with E-state index >= 15 is 0 Å². The van der Waals surface area contributed by atoms with Crippen LogP contribution in [0.25, 0.3) is 6.08 Å². The number of carbonyl (C=O) groups is 1. The lowest BCUT2D eigenvalue weighted by Gasteiger charge is -2.29. The highest BCUT2D eigenvalue weighted by molar-refractivity contribution is 7.99. The fourth-order valence-electron chi connectivity index (χ4n) is 2.56. The molecule has 0 aromatic heterocycles. The minimum atomic E-state index is -0.590. The summed E-state index contributed by atoms with van der Waals surface area (Å²) in [7, 11) is 2.03. The van der Waals surface area contributed by atoms with Crippen LogP contribution in [-0.2, 0) is 9.53 Å². The zero-order valence-corrected chi connectivity index (χ0v) is 14.3. The van der Waals surface area contributed by atoms with Crippen molar-refractivity contribution in [2.75, 3.05) is 18.6 Å². The van der Waals surface area contributed by atoms with Crippen LogP contribution in [-0.4, -0.2) is 19.6 Å². The number of esters is 1. The molecule has 0 fully saturated rings. The Hall–Kier alpha value is -2.71. The number of hydrogen-bond donors (Lipinski definition) is 0. The molecule has 1 heterocycles. The van der Waals surface area contributed by atoms with Crippen LogP contribution in [0.15, 0.2) is 57.8 Å². The van der Waals surface area contributed by atoms with E-state index < -0.39 is 5.97 Å². The third kappa shape index (κ3) is 3.01. The molecule has 2 aromatic rings. The monoisotopic (exact) mass is 336 g/mol. The van der Waals surface area contributed by atoms with Crippen LogP contribution in [0.4, 0.5) is 11.4 Å². The average Bonchev–Trinajstić information content (AvgIpc) is 2.60. The molecule has 0 bridgehead atoms. The molecule has 4 nitrogen and oxygen atoms in total. The average molecular weight is 336 g/mol. The molecule has 0 unspecified atom stereocenters. The highest BCUT2D eigenvalue weighted by atomic mass is 32.2. The van der Waals surface area contributed by atoms with Gasteiger partial charge < -0.3 is 9.64 Å². The van der Waals surface area contributed by atoms with E-state index in [1.807, 2.05) is 43.4 Å². The van der Waals surface area contributed by atoms with Crippen molar-refractivity contribution < 1.29 is 9.53 Å². The number of para-hydroxylation sites is 1. The van der Waals surface area contributed by atoms with Crippen LogP contribution >= 0.6 is 11.8 Å². The number of hydrogen-bond acceptors (Lipinski definition) is 5. The number of fused-ring (bicyclic) bond motifs is 2. The minimum Gasteiger partial charge on any atom is -0.462 e. The van der Waals surface area contributed by atoms with Crippen molar-refractivity contribution in [2.45, 2.75) is 16.7 Å². The van der Waals surface area contributed by atoms with E-state index in [-0.39, 0.29) is 12.2 Å². The zero-order valence-electron chi connectivity index (χ0n) is 13.4. The van der Waals surface area contributed by atoms with Gasteiger partial charge in [0.15, 0.2) is 0 Å². The lowest BCUT2D eigenvalue weighted by Crippen LogP contribution is -2.14. The molecule has 0 atom stereocenters. The third-order valence-corrected chi connectivity index (χ3v) is 4.83. The molecule has 5 heteroatoms. The number of rotatable bonds is 3. The highest BCUT2D eigenvalue weighted by Gasteiger charge is 2.20. The minimum absolute atomic E-state index is 0.00589. The topological polar surface area (TPSA) is 53.3 Å². The second-order valence-corrected chi connectivity index (χ2v) is 6.33. The first-order valence-electron chi connectivity index (χ1n) is 7.57. The van der Waals surface area contributed by atoms with Crippen LogP contribution in [0.1, 0.15) is 12.5 Å². The molecule has 0 radical (unpaired) electrons. The first-order chi connectivity index (χ1) is 11.6. The smallest absolute Gasteiger partial charge is 0.348 e. The van der Waals surface area contributed by atoms with E-state index in [4.69, 9.17) is 10.00 Å². The molecule has 0 aliphatic carbocycles. The molecule has 0 N–H and O–H groups in total. The number of benzene rings is 2. The summed E-state index contributed by atoms with van der Waals surface area (Å²) in [6, 6.07) is 16.0. The van der Waals surface area contributed by atoms with Crippen molar-refractivity contribution in [3.63, 3.8) is 0 Å². The zero-order chi connectivity index (χ0) is 17.1. The molecule has 0 saturated heterocycles. The van der Waals surface area contributed by atoms with Crippen molar-refractivity contribution >= 4 is 35.2 Å². The van der Waals surface area contributed by atoms with E-state index in [0.29, 0.717) is 0 Å². The second-order valence-electron chi connectivity index (χ2n) is 5.25. The first-order valence-corrected chi connectivity index (χ1v) is 8.39. The van der Waals surface area contributed by atoms with Crippen LogP contribution in [0, 0.1) is 11.3 Å². The summed E-state index contributed by atoms with van der Waals surface area (Å²) in [4.78, 5) is 16.2. The summed E-state index contributed by atoms with van der Waals surface area (Å²) in [5.74, 6) is -0.590. The van der Waals surface area contributed by atoms with E-state index in [2.05, 4.69) is 17.0 Å². The third-order valence-electron chi connectivity index (χ3n) is 3.72. The maximum Gasteiger partial charge on any atom is 0.348 e. The van der Waals surface area contributed by atoms with E-state index in [9.17, 15) is 4.79 Å². The molecule has 1 aliphatic heterocycles. The molecule has 0 amide bonds. The van der Waals surface area contributed by atoms with Crippen LogP contribution in [0.3, 0.4) is 0 Å². The lowest BCUT2D eigenvalue weighted by atomic mass is 10.1. The van der Waals surface area contributed by atoms with E-state index in [0.717, 1.165) is 16.1 Å². The van der Waals surface area contributed by atoms with Gasteiger partial charge in [-0.2, -0.15) is 5.26 Å². The Morgan fingerprint density at radius 2 is 2.00 bits per heavy atom. The molecule has 3 rings (SSSR count). The molecular weight excluding hydrogens is 320 g/mol. The van der Waals surface area contributed by atoms with Gasteiger partial charge in [0.05, 0.1) is 18.0 Å².